The maximum Gasteiger partial charge on any atom is 0.325 e. The highest BCUT2D eigenvalue weighted by atomic mass is 32.1. The van der Waals surface area contributed by atoms with E-state index in [1.807, 2.05) is 31.2 Å². The number of carbonyl (C=O) groups excluding carboxylic acids is 3. The Bertz CT molecular complexity index is 1400. The van der Waals surface area contributed by atoms with Crippen molar-refractivity contribution in [3.05, 3.63) is 65.4 Å². The molecule has 178 valence electrons. The molecule has 2 atom stereocenters. The SMILES string of the molecule is C[C@H](c1nc2ccccc2s1)N(C)C(=O)CN1C(=O)N[C@](C)(c2cccc(-n3cnnn3)c2)C1=O. The maximum atomic E-state index is 13.4. The lowest BCUT2D eigenvalue weighted by molar-refractivity contribution is -0.139. The van der Waals surface area contributed by atoms with E-state index in [2.05, 4.69) is 25.8 Å². The van der Waals surface area contributed by atoms with E-state index in [0.29, 0.717) is 11.3 Å². The lowest BCUT2D eigenvalue weighted by Crippen LogP contribution is -2.44. The number of aromatic nitrogens is 5. The quantitative estimate of drug-likeness (QED) is 0.411. The number of para-hydroxylation sites is 1. The number of fused-ring (bicyclic) bond motifs is 1. The molecule has 0 saturated carbocycles. The number of thiazole rings is 1. The molecule has 0 radical (unpaired) electrons. The van der Waals surface area contributed by atoms with Gasteiger partial charge in [-0.25, -0.2) is 14.5 Å². The van der Waals surface area contributed by atoms with Gasteiger partial charge in [-0.15, -0.1) is 16.4 Å². The number of tetrazole rings is 1. The molecular formula is C23H22N8O3S. The number of nitrogens with one attached hydrogen (secondary N) is 1. The third-order valence-electron chi connectivity index (χ3n) is 6.25. The molecule has 0 spiro atoms. The highest BCUT2D eigenvalue weighted by Crippen LogP contribution is 2.31. The average Bonchev–Trinajstić information content (AvgIpc) is 3.59. The van der Waals surface area contributed by atoms with Crippen LogP contribution in [0.1, 0.15) is 30.5 Å². The summed E-state index contributed by atoms with van der Waals surface area (Å²) in [6, 6.07) is 13.8. The van der Waals surface area contributed by atoms with Crippen molar-refractivity contribution in [1.82, 2.24) is 40.3 Å². The molecule has 3 heterocycles. The van der Waals surface area contributed by atoms with Crippen LogP contribution < -0.4 is 5.32 Å². The Labute approximate surface area is 204 Å². The zero-order valence-electron chi connectivity index (χ0n) is 19.2. The largest absolute Gasteiger partial charge is 0.335 e. The molecule has 5 rings (SSSR count). The zero-order chi connectivity index (χ0) is 24.7. The van der Waals surface area contributed by atoms with E-state index in [0.717, 1.165) is 20.1 Å². The van der Waals surface area contributed by atoms with Crippen LogP contribution >= 0.6 is 11.3 Å². The lowest BCUT2D eigenvalue weighted by Gasteiger charge is -2.26. The van der Waals surface area contributed by atoms with E-state index in [1.54, 1.807) is 38.2 Å². The van der Waals surface area contributed by atoms with E-state index in [9.17, 15) is 14.4 Å². The second kappa shape index (κ2) is 8.55. The Morgan fingerprint density at radius 2 is 2.00 bits per heavy atom. The summed E-state index contributed by atoms with van der Waals surface area (Å²) >= 11 is 1.51. The van der Waals surface area contributed by atoms with Crippen LogP contribution in [0, 0.1) is 0 Å². The summed E-state index contributed by atoms with van der Waals surface area (Å²) in [6.45, 7) is 3.11. The van der Waals surface area contributed by atoms with E-state index in [-0.39, 0.29) is 18.5 Å². The van der Waals surface area contributed by atoms with E-state index in [4.69, 9.17) is 0 Å². The zero-order valence-corrected chi connectivity index (χ0v) is 20.1. The third kappa shape index (κ3) is 3.91. The number of urea groups is 1. The van der Waals surface area contributed by atoms with Gasteiger partial charge in [0.15, 0.2) is 0 Å². The van der Waals surface area contributed by atoms with Crippen LogP contribution in [0.25, 0.3) is 15.9 Å². The second-order valence-corrected chi connectivity index (χ2v) is 9.51. The fourth-order valence-electron chi connectivity index (χ4n) is 3.97. The summed E-state index contributed by atoms with van der Waals surface area (Å²) in [5, 5.41) is 14.6. The van der Waals surface area contributed by atoms with Crippen LogP contribution in [-0.4, -0.2) is 66.4 Å². The molecule has 1 saturated heterocycles. The molecule has 1 N–H and O–H groups in total. The average molecular weight is 491 g/mol. The van der Waals surface area contributed by atoms with Gasteiger partial charge in [0.1, 0.15) is 23.4 Å². The van der Waals surface area contributed by atoms with E-state index < -0.39 is 17.5 Å². The third-order valence-corrected chi connectivity index (χ3v) is 7.45. The fourth-order valence-corrected chi connectivity index (χ4v) is 5.04. The molecule has 11 nitrogen and oxygen atoms in total. The van der Waals surface area contributed by atoms with Crippen molar-refractivity contribution in [2.75, 3.05) is 13.6 Å². The summed E-state index contributed by atoms with van der Waals surface area (Å²) in [7, 11) is 1.65. The molecule has 4 aromatic rings. The molecule has 2 aromatic heterocycles. The number of imide groups is 1. The highest BCUT2D eigenvalue weighted by Gasteiger charge is 2.50. The Balaban J connectivity index is 1.33. The van der Waals surface area contributed by atoms with Crippen LogP contribution in [0.15, 0.2) is 54.9 Å². The van der Waals surface area contributed by atoms with Gasteiger partial charge in [0.2, 0.25) is 5.91 Å². The Hall–Kier alpha value is -4.19. The molecule has 0 aliphatic carbocycles. The van der Waals surface area contributed by atoms with Gasteiger partial charge in [-0.3, -0.25) is 14.5 Å². The van der Waals surface area contributed by atoms with Crippen molar-refractivity contribution < 1.29 is 14.4 Å². The van der Waals surface area contributed by atoms with E-state index in [1.165, 1.54) is 27.2 Å². The number of likely N-dealkylation sites (N-methyl/N-ethyl adjacent to an activating group) is 1. The minimum absolute atomic E-state index is 0.319. The topological polar surface area (TPSA) is 126 Å². The summed E-state index contributed by atoms with van der Waals surface area (Å²) in [5.41, 5.74) is 0.720. The summed E-state index contributed by atoms with van der Waals surface area (Å²) in [6.07, 6.45) is 1.43. The molecule has 35 heavy (non-hydrogen) atoms. The van der Waals surface area contributed by atoms with Crippen molar-refractivity contribution >= 4 is 39.4 Å². The molecule has 1 aliphatic heterocycles. The predicted octanol–water partition coefficient (Wildman–Crippen LogP) is 2.26. The fraction of sp³-hybridized carbons (Fsp3) is 0.261. The molecule has 1 fully saturated rings. The summed E-state index contributed by atoms with van der Waals surface area (Å²) in [5.74, 6) is -0.877. The number of amides is 4. The number of hydrogen-bond acceptors (Lipinski definition) is 8. The first-order valence-corrected chi connectivity index (χ1v) is 11.7. The number of rotatable bonds is 6. The van der Waals surface area contributed by atoms with Crippen molar-refractivity contribution in [2.24, 2.45) is 0 Å². The molecule has 0 bridgehead atoms. The van der Waals surface area contributed by atoms with Gasteiger partial charge in [0, 0.05) is 7.05 Å². The van der Waals surface area contributed by atoms with Crippen LogP contribution in [0.4, 0.5) is 4.79 Å². The van der Waals surface area contributed by atoms with Crippen LogP contribution in [0.5, 0.6) is 0 Å². The highest BCUT2D eigenvalue weighted by molar-refractivity contribution is 7.18. The Kier molecular flexibility index (Phi) is 5.52. The molecular weight excluding hydrogens is 468 g/mol. The first kappa shape index (κ1) is 22.6. The van der Waals surface area contributed by atoms with Crippen molar-refractivity contribution in [3.63, 3.8) is 0 Å². The summed E-state index contributed by atoms with van der Waals surface area (Å²) < 4.78 is 2.48. The van der Waals surface area contributed by atoms with Gasteiger partial charge in [-0.1, -0.05) is 24.3 Å². The number of nitrogens with zero attached hydrogens (tertiary/aromatic N) is 7. The predicted molar refractivity (Wildman–Crippen MR) is 128 cm³/mol. The Morgan fingerprint density at radius 1 is 1.20 bits per heavy atom. The first-order valence-electron chi connectivity index (χ1n) is 10.9. The van der Waals surface area contributed by atoms with Gasteiger partial charge < -0.3 is 10.2 Å². The normalized spacial score (nSPS) is 18.7. The molecule has 2 aromatic carbocycles. The Morgan fingerprint density at radius 3 is 2.74 bits per heavy atom. The first-order chi connectivity index (χ1) is 16.8. The van der Waals surface area contributed by atoms with Crippen molar-refractivity contribution in [2.45, 2.75) is 25.4 Å². The van der Waals surface area contributed by atoms with Crippen LogP contribution in [0.3, 0.4) is 0 Å². The van der Waals surface area contributed by atoms with Crippen molar-refractivity contribution in [3.8, 4) is 5.69 Å². The minimum Gasteiger partial charge on any atom is -0.335 e. The number of benzene rings is 2. The van der Waals surface area contributed by atoms with Crippen LogP contribution in [0.2, 0.25) is 0 Å². The van der Waals surface area contributed by atoms with Gasteiger partial charge >= 0.3 is 6.03 Å². The molecule has 4 amide bonds. The lowest BCUT2D eigenvalue weighted by atomic mass is 9.91. The van der Waals surface area contributed by atoms with Gasteiger partial charge in [0.05, 0.1) is 21.9 Å². The van der Waals surface area contributed by atoms with Crippen molar-refractivity contribution in [1.29, 1.82) is 0 Å². The second-order valence-electron chi connectivity index (χ2n) is 8.45. The molecule has 0 unspecified atom stereocenters. The summed E-state index contributed by atoms with van der Waals surface area (Å²) in [4.78, 5) is 46.3. The maximum absolute atomic E-state index is 13.4. The standard InChI is InChI=1S/C23H22N8O3S/c1-14(20-25-17-9-4-5-10-18(17)35-20)29(3)19(32)12-30-21(33)23(2,26-22(30)34)15-7-6-8-16(11-15)31-13-24-27-28-31/h4-11,13-14H,12H2,1-3H3,(H,26,34)/t14-,23-/m1/s1. The van der Waals surface area contributed by atoms with Gasteiger partial charge in [-0.05, 0) is 54.1 Å². The van der Waals surface area contributed by atoms with E-state index >= 15 is 0 Å². The number of carbonyl (C=O) groups is 3. The van der Waals surface area contributed by atoms with Crippen LogP contribution in [-0.2, 0) is 15.1 Å². The minimum atomic E-state index is -1.33. The monoisotopic (exact) mass is 490 g/mol. The molecule has 12 heteroatoms. The molecule has 1 aliphatic rings. The van der Waals surface area contributed by atoms with Gasteiger partial charge in [0.25, 0.3) is 5.91 Å². The smallest absolute Gasteiger partial charge is 0.325 e. The number of hydrogen-bond donors (Lipinski definition) is 1. The van der Waals surface area contributed by atoms with Gasteiger partial charge in [-0.2, -0.15) is 0 Å².